The van der Waals surface area contributed by atoms with E-state index in [9.17, 15) is 14.7 Å². The molecule has 8 heteroatoms. The van der Waals surface area contributed by atoms with Gasteiger partial charge in [0.25, 0.3) is 0 Å². The first-order valence-corrected chi connectivity index (χ1v) is 10.5. The lowest BCUT2D eigenvalue weighted by atomic mass is 10.0. The number of nitriles is 1. The zero-order valence-electron chi connectivity index (χ0n) is 18.7. The first-order chi connectivity index (χ1) is 15.3. The molecule has 2 aromatic carbocycles. The Morgan fingerprint density at radius 3 is 2.47 bits per heavy atom. The number of carbonyl (C=O) groups excluding carboxylic acids is 2. The third kappa shape index (κ3) is 5.25. The minimum absolute atomic E-state index is 0.0430. The number of hydrogen-bond donors (Lipinski definition) is 1. The number of rotatable bonds is 7. The standard InChI is InChI=1S/C24H29N5O3/c1-18(20-7-5-4-6-8-20)27(3)24(32)22(15-19-9-11-21(30)12-10-19)29-17-26(2)28(14-13-25)16-23(29)31/h4-12,18,22,30H,14-17H2,1-3H3/t18-,22?/m1/s1. The molecule has 0 bridgehead atoms. The lowest BCUT2D eigenvalue weighted by Gasteiger charge is -2.44. The number of carbonyl (C=O) groups is 2. The molecule has 1 saturated heterocycles. The van der Waals surface area contributed by atoms with Crippen LogP contribution in [0.1, 0.15) is 24.1 Å². The molecule has 0 aromatic heterocycles. The normalized spacial score (nSPS) is 16.9. The second kappa shape index (κ2) is 10.3. The second-order valence-corrected chi connectivity index (χ2v) is 8.07. The van der Waals surface area contributed by atoms with Crippen LogP contribution in [0.25, 0.3) is 0 Å². The van der Waals surface area contributed by atoms with Crippen molar-refractivity contribution in [1.29, 1.82) is 5.26 Å². The van der Waals surface area contributed by atoms with E-state index in [1.807, 2.05) is 37.3 Å². The van der Waals surface area contributed by atoms with Gasteiger partial charge in [-0.3, -0.25) is 9.59 Å². The average molecular weight is 436 g/mol. The van der Waals surface area contributed by atoms with Gasteiger partial charge in [0.15, 0.2) is 0 Å². The molecule has 2 atom stereocenters. The Balaban J connectivity index is 1.88. The molecule has 2 aromatic rings. The molecule has 168 valence electrons. The Morgan fingerprint density at radius 1 is 1.19 bits per heavy atom. The van der Waals surface area contributed by atoms with Gasteiger partial charge >= 0.3 is 0 Å². The molecular weight excluding hydrogens is 406 g/mol. The van der Waals surface area contributed by atoms with Gasteiger partial charge in [-0.2, -0.15) is 5.26 Å². The number of nitrogens with zero attached hydrogens (tertiary/aromatic N) is 5. The number of phenolic OH excluding ortho intramolecular Hbond substituents is 1. The van der Waals surface area contributed by atoms with Gasteiger partial charge in [-0.05, 0) is 30.2 Å². The summed E-state index contributed by atoms with van der Waals surface area (Å²) in [7, 11) is 3.55. The van der Waals surface area contributed by atoms with Crippen molar-refractivity contribution < 1.29 is 14.7 Å². The van der Waals surface area contributed by atoms with E-state index in [4.69, 9.17) is 5.26 Å². The summed E-state index contributed by atoms with van der Waals surface area (Å²) in [5.74, 6) is -0.214. The average Bonchev–Trinajstić information content (AvgIpc) is 2.80. The Kier molecular flexibility index (Phi) is 7.46. The van der Waals surface area contributed by atoms with Crippen LogP contribution < -0.4 is 0 Å². The van der Waals surface area contributed by atoms with E-state index in [0.717, 1.165) is 11.1 Å². The van der Waals surface area contributed by atoms with Gasteiger partial charge in [0, 0.05) is 20.5 Å². The van der Waals surface area contributed by atoms with Crippen LogP contribution in [-0.4, -0.2) is 76.6 Å². The smallest absolute Gasteiger partial charge is 0.246 e. The Labute approximate surface area is 188 Å². The predicted octanol–water partition coefficient (Wildman–Crippen LogP) is 1.99. The summed E-state index contributed by atoms with van der Waals surface area (Å²) in [6.45, 7) is 2.32. The highest BCUT2D eigenvalue weighted by molar-refractivity contribution is 5.89. The molecule has 1 aliphatic heterocycles. The topological polar surface area (TPSA) is 91.1 Å². The van der Waals surface area contributed by atoms with Gasteiger partial charge in [0.1, 0.15) is 18.3 Å². The van der Waals surface area contributed by atoms with E-state index < -0.39 is 6.04 Å². The van der Waals surface area contributed by atoms with Crippen LogP contribution in [0.4, 0.5) is 0 Å². The van der Waals surface area contributed by atoms with Gasteiger partial charge in [-0.25, -0.2) is 10.0 Å². The van der Waals surface area contributed by atoms with E-state index in [0.29, 0.717) is 6.42 Å². The molecule has 1 fully saturated rings. The van der Waals surface area contributed by atoms with Crippen molar-refractivity contribution in [3.05, 3.63) is 65.7 Å². The van der Waals surface area contributed by atoms with Crippen molar-refractivity contribution in [3.63, 3.8) is 0 Å². The van der Waals surface area contributed by atoms with Gasteiger partial charge in [0.05, 0.1) is 25.3 Å². The van der Waals surface area contributed by atoms with Gasteiger partial charge in [-0.15, -0.1) is 0 Å². The summed E-state index contributed by atoms with van der Waals surface area (Å²) in [6, 6.07) is 17.6. The molecular formula is C24H29N5O3. The molecule has 0 radical (unpaired) electrons. The first-order valence-electron chi connectivity index (χ1n) is 10.5. The maximum Gasteiger partial charge on any atom is 0.246 e. The molecule has 1 N–H and O–H groups in total. The van der Waals surface area contributed by atoms with E-state index in [-0.39, 0.29) is 43.4 Å². The van der Waals surface area contributed by atoms with E-state index >= 15 is 0 Å². The molecule has 1 aliphatic rings. The molecule has 0 saturated carbocycles. The summed E-state index contributed by atoms with van der Waals surface area (Å²) in [5, 5.41) is 22.1. The summed E-state index contributed by atoms with van der Waals surface area (Å²) < 4.78 is 0. The predicted molar refractivity (Wildman–Crippen MR) is 120 cm³/mol. The Bertz CT molecular complexity index is 973. The van der Waals surface area contributed by atoms with E-state index in [2.05, 4.69) is 6.07 Å². The van der Waals surface area contributed by atoms with Crippen LogP contribution in [0.3, 0.4) is 0 Å². The quantitative estimate of drug-likeness (QED) is 0.669. The fourth-order valence-corrected chi connectivity index (χ4v) is 3.85. The van der Waals surface area contributed by atoms with Crippen molar-refractivity contribution in [1.82, 2.24) is 19.8 Å². The molecule has 3 rings (SSSR count). The van der Waals surface area contributed by atoms with Crippen molar-refractivity contribution in [2.75, 3.05) is 33.9 Å². The summed E-state index contributed by atoms with van der Waals surface area (Å²) in [5.41, 5.74) is 1.85. The third-order valence-corrected chi connectivity index (χ3v) is 5.97. The van der Waals surface area contributed by atoms with E-state index in [1.165, 1.54) is 0 Å². The van der Waals surface area contributed by atoms with Crippen LogP contribution in [0.2, 0.25) is 0 Å². The number of aromatic hydroxyl groups is 1. The van der Waals surface area contributed by atoms with Gasteiger partial charge < -0.3 is 14.9 Å². The number of likely N-dealkylation sites (N-methyl/N-ethyl adjacent to an activating group) is 1. The minimum Gasteiger partial charge on any atom is -0.508 e. The fourth-order valence-electron chi connectivity index (χ4n) is 3.85. The number of hydrazine groups is 1. The molecule has 32 heavy (non-hydrogen) atoms. The number of phenols is 1. The highest BCUT2D eigenvalue weighted by Gasteiger charge is 2.38. The largest absolute Gasteiger partial charge is 0.508 e. The molecule has 1 heterocycles. The summed E-state index contributed by atoms with van der Waals surface area (Å²) >= 11 is 0. The summed E-state index contributed by atoms with van der Waals surface area (Å²) in [4.78, 5) is 30.0. The maximum absolute atomic E-state index is 13.7. The molecule has 8 nitrogen and oxygen atoms in total. The number of hydrogen-bond acceptors (Lipinski definition) is 6. The molecule has 1 unspecified atom stereocenters. The van der Waals surface area contributed by atoms with Crippen LogP contribution in [-0.2, 0) is 16.0 Å². The fraction of sp³-hybridized carbons (Fsp3) is 0.375. The SMILES string of the molecule is C[C@H](c1ccccc1)N(C)C(=O)C(Cc1ccc(O)cc1)N1CN(C)N(CC#N)CC1=O. The van der Waals surface area contributed by atoms with Crippen molar-refractivity contribution in [2.24, 2.45) is 0 Å². The third-order valence-electron chi connectivity index (χ3n) is 5.97. The first kappa shape index (κ1) is 23.3. The van der Waals surface area contributed by atoms with Crippen LogP contribution >= 0.6 is 0 Å². The Morgan fingerprint density at radius 2 is 1.84 bits per heavy atom. The number of benzene rings is 2. The lowest BCUT2D eigenvalue weighted by molar-refractivity contribution is -0.166. The molecule has 2 amide bonds. The monoisotopic (exact) mass is 435 g/mol. The van der Waals surface area contributed by atoms with Gasteiger partial charge in [-0.1, -0.05) is 42.5 Å². The molecule has 0 aliphatic carbocycles. The van der Waals surface area contributed by atoms with Crippen molar-refractivity contribution >= 4 is 11.8 Å². The molecule has 0 spiro atoms. The zero-order valence-corrected chi connectivity index (χ0v) is 18.7. The maximum atomic E-state index is 13.7. The van der Waals surface area contributed by atoms with Crippen molar-refractivity contribution in [2.45, 2.75) is 25.4 Å². The van der Waals surface area contributed by atoms with E-state index in [1.54, 1.807) is 58.2 Å². The van der Waals surface area contributed by atoms with Crippen LogP contribution in [0.5, 0.6) is 5.75 Å². The van der Waals surface area contributed by atoms with Crippen molar-refractivity contribution in [3.8, 4) is 11.8 Å². The zero-order chi connectivity index (χ0) is 23.3. The highest BCUT2D eigenvalue weighted by atomic mass is 16.3. The van der Waals surface area contributed by atoms with Gasteiger partial charge in [0.2, 0.25) is 11.8 Å². The second-order valence-electron chi connectivity index (χ2n) is 8.07. The lowest BCUT2D eigenvalue weighted by Crippen LogP contribution is -2.63. The Hall–Kier alpha value is -3.41. The minimum atomic E-state index is -0.713. The van der Waals surface area contributed by atoms with Crippen LogP contribution in [0.15, 0.2) is 54.6 Å². The van der Waals surface area contributed by atoms with Crippen LogP contribution in [0, 0.1) is 11.3 Å². The number of amides is 2. The highest BCUT2D eigenvalue weighted by Crippen LogP contribution is 2.23. The summed E-state index contributed by atoms with van der Waals surface area (Å²) in [6.07, 6.45) is 0.322.